The molecule has 0 spiro atoms. The van der Waals surface area contributed by atoms with Crippen molar-refractivity contribution in [3.8, 4) is 0 Å². The van der Waals surface area contributed by atoms with Crippen LogP contribution >= 0.6 is 0 Å². The highest BCUT2D eigenvalue weighted by Crippen LogP contribution is 2.34. The smallest absolute Gasteiger partial charge is 0.254 e. The van der Waals surface area contributed by atoms with Gasteiger partial charge in [0.25, 0.3) is 5.56 Å². The normalized spacial score (nSPS) is 21.5. The summed E-state index contributed by atoms with van der Waals surface area (Å²) in [4.78, 5) is 19.2. The van der Waals surface area contributed by atoms with Crippen LogP contribution in [0.5, 0.6) is 0 Å². The maximum atomic E-state index is 11.9. The molecule has 1 aliphatic heterocycles. The van der Waals surface area contributed by atoms with E-state index in [4.69, 9.17) is 0 Å². The van der Waals surface area contributed by atoms with Crippen molar-refractivity contribution >= 4 is 0 Å². The summed E-state index contributed by atoms with van der Waals surface area (Å²) in [7, 11) is 0. The fourth-order valence-electron chi connectivity index (χ4n) is 2.32. The average molecular weight is 219 g/mol. The Balaban J connectivity index is 1.75. The first kappa shape index (κ1) is 10.0. The maximum Gasteiger partial charge on any atom is 0.254 e. The van der Waals surface area contributed by atoms with Crippen molar-refractivity contribution in [2.75, 3.05) is 13.1 Å². The van der Waals surface area contributed by atoms with Gasteiger partial charge in [-0.25, -0.2) is 4.98 Å². The molecule has 2 heterocycles. The van der Waals surface area contributed by atoms with E-state index in [0.717, 1.165) is 43.7 Å². The van der Waals surface area contributed by atoms with Gasteiger partial charge in [-0.1, -0.05) is 6.42 Å². The van der Waals surface area contributed by atoms with E-state index >= 15 is 0 Å². The first-order valence-electron chi connectivity index (χ1n) is 6.12. The van der Waals surface area contributed by atoms with E-state index in [1.807, 2.05) is 0 Å². The van der Waals surface area contributed by atoms with E-state index in [2.05, 4.69) is 15.3 Å². The summed E-state index contributed by atoms with van der Waals surface area (Å²) in [5, 5.41) is 3.22. The minimum Gasteiger partial charge on any atom is -0.316 e. The predicted octanol–water partition coefficient (Wildman–Crippen LogP) is 0.799. The molecule has 2 N–H and O–H groups in total. The lowest BCUT2D eigenvalue weighted by Crippen LogP contribution is -2.43. The predicted molar refractivity (Wildman–Crippen MR) is 61.5 cm³/mol. The molecule has 0 amide bonds. The largest absolute Gasteiger partial charge is 0.316 e. The summed E-state index contributed by atoms with van der Waals surface area (Å²) in [5.74, 6) is 1.97. The third-order valence-electron chi connectivity index (χ3n) is 3.77. The molecule has 1 aromatic heterocycles. The van der Waals surface area contributed by atoms with E-state index < -0.39 is 0 Å². The van der Waals surface area contributed by atoms with Crippen LogP contribution < -0.4 is 10.9 Å². The van der Waals surface area contributed by atoms with Gasteiger partial charge >= 0.3 is 0 Å². The van der Waals surface area contributed by atoms with Gasteiger partial charge in [-0.05, 0) is 37.8 Å². The zero-order chi connectivity index (χ0) is 11.0. The van der Waals surface area contributed by atoms with Crippen LogP contribution in [0.4, 0.5) is 0 Å². The highest BCUT2D eigenvalue weighted by molar-refractivity contribution is 5.15. The molecule has 2 fully saturated rings. The molecule has 0 aromatic carbocycles. The summed E-state index contributed by atoms with van der Waals surface area (Å²) in [5.41, 5.74) is 0.976. The molecular formula is C12H17N3O. The van der Waals surface area contributed by atoms with Crippen molar-refractivity contribution in [2.24, 2.45) is 5.92 Å². The van der Waals surface area contributed by atoms with Crippen molar-refractivity contribution in [3.05, 3.63) is 27.9 Å². The lowest BCUT2D eigenvalue weighted by molar-refractivity contribution is 0.340. The van der Waals surface area contributed by atoms with Crippen LogP contribution in [0.3, 0.4) is 0 Å². The Bertz CT molecular complexity index is 432. The molecule has 0 radical (unpaired) electrons. The Labute approximate surface area is 94.5 Å². The number of aromatic amines is 1. The monoisotopic (exact) mass is 219 g/mol. The summed E-state index contributed by atoms with van der Waals surface area (Å²) >= 11 is 0. The topological polar surface area (TPSA) is 57.8 Å². The molecule has 1 aromatic rings. The lowest BCUT2D eigenvalue weighted by Gasteiger charge is -2.27. The first-order chi connectivity index (χ1) is 7.83. The number of nitrogens with one attached hydrogen (secondary N) is 2. The average Bonchev–Trinajstić information content (AvgIpc) is 2.13. The second-order valence-electron chi connectivity index (χ2n) is 4.97. The maximum absolute atomic E-state index is 11.9. The highest BCUT2D eigenvalue weighted by Gasteiger charge is 2.23. The van der Waals surface area contributed by atoms with Gasteiger partial charge in [-0.2, -0.15) is 0 Å². The molecule has 1 saturated carbocycles. The number of hydrogen-bond donors (Lipinski definition) is 2. The first-order valence-corrected chi connectivity index (χ1v) is 6.12. The Morgan fingerprint density at radius 3 is 2.69 bits per heavy atom. The molecule has 4 nitrogen and oxygen atoms in total. The van der Waals surface area contributed by atoms with Crippen LogP contribution in [0.25, 0.3) is 0 Å². The summed E-state index contributed by atoms with van der Waals surface area (Å²) in [6.07, 6.45) is 6.24. The van der Waals surface area contributed by atoms with Crippen LogP contribution in [0, 0.1) is 5.92 Å². The standard InChI is InChI=1S/C12H17N3O/c16-12-10(9-2-1-3-9)7-14-11(15-12)4-8-5-13-6-8/h7-9,13H,1-6H2,(H,14,15,16). The molecule has 4 heteroatoms. The molecule has 0 unspecified atom stereocenters. The minimum absolute atomic E-state index is 0.0852. The van der Waals surface area contributed by atoms with Gasteiger partial charge in [0.2, 0.25) is 0 Å². The second kappa shape index (κ2) is 4.01. The van der Waals surface area contributed by atoms with Crippen LogP contribution in [-0.2, 0) is 6.42 Å². The minimum atomic E-state index is 0.0852. The molecule has 0 bridgehead atoms. The van der Waals surface area contributed by atoms with E-state index in [9.17, 15) is 4.79 Å². The SMILES string of the molecule is O=c1[nH]c(CC2CNC2)ncc1C1CCC1. The summed E-state index contributed by atoms with van der Waals surface area (Å²) in [6, 6.07) is 0. The molecule has 0 atom stereocenters. The second-order valence-corrected chi connectivity index (χ2v) is 4.97. The van der Waals surface area contributed by atoms with E-state index in [1.54, 1.807) is 6.20 Å². The Morgan fingerprint density at radius 2 is 2.19 bits per heavy atom. The number of H-pyrrole nitrogens is 1. The summed E-state index contributed by atoms with van der Waals surface area (Å²) < 4.78 is 0. The van der Waals surface area contributed by atoms with Gasteiger partial charge in [0, 0.05) is 18.2 Å². The van der Waals surface area contributed by atoms with Gasteiger partial charge in [0.1, 0.15) is 5.82 Å². The molecule has 3 rings (SSSR count). The van der Waals surface area contributed by atoms with Crippen LogP contribution in [0.1, 0.15) is 36.6 Å². The van der Waals surface area contributed by atoms with E-state index in [1.165, 1.54) is 6.42 Å². The molecule has 1 saturated heterocycles. The Hall–Kier alpha value is -1.16. The molecule has 2 aliphatic rings. The number of rotatable bonds is 3. The van der Waals surface area contributed by atoms with Gasteiger partial charge < -0.3 is 10.3 Å². The van der Waals surface area contributed by atoms with Crippen molar-refractivity contribution in [1.82, 2.24) is 15.3 Å². The Morgan fingerprint density at radius 1 is 1.38 bits per heavy atom. The third kappa shape index (κ3) is 1.78. The van der Waals surface area contributed by atoms with Gasteiger partial charge in [0.05, 0.1) is 0 Å². The molecule has 16 heavy (non-hydrogen) atoms. The van der Waals surface area contributed by atoms with Crippen LogP contribution in [-0.4, -0.2) is 23.1 Å². The van der Waals surface area contributed by atoms with Crippen LogP contribution in [0.15, 0.2) is 11.0 Å². The van der Waals surface area contributed by atoms with Crippen LogP contribution in [0.2, 0.25) is 0 Å². The number of hydrogen-bond acceptors (Lipinski definition) is 3. The van der Waals surface area contributed by atoms with Gasteiger partial charge in [-0.3, -0.25) is 4.79 Å². The fourth-order valence-corrected chi connectivity index (χ4v) is 2.32. The van der Waals surface area contributed by atoms with Crippen molar-refractivity contribution in [1.29, 1.82) is 0 Å². The zero-order valence-electron chi connectivity index (χ0n) is 9.33. The fraction of sp³-hybridized carbons (Fsp3) is 0.667. The molecule has 86 valence electrons. The Kier molecular flexibility index (Phi) is 2.52. The van der Waals surface area contributed by atoms with Gasteiger partial charge in [0.15, 0.2) is 0 Å². The highest BCUT2D eigenvalue weighted by atomic mass is 16.1. The van der Waals surface area contributed by atoms with Gasteiger partial charge in [-0.15, -0.1) is 0 Å². The number of nitrogens with zero attached hydrogens (tertiary/aromatic N) is 1. The quantitative estimate of drug-likeness (QED) is 0.790. The summed E-state index contributed by atoms with van der Waals surface area (Å²) in [6.45, 7) is 2.10. The van der Waals surface area contributed by atoms with E-state index in [-0.39, 0.29) is 5.56 Å². The van der Waals surface area contributed by atoms with E-state index in [0.29, 0.717) is 11.8 Å². The van der Waals surface area contributed by atoms with Crippen molar-refractivity contribution in [3.63, 3.8) is 0 Å². The third-order valence-corrected chi connectivity index (χ3v) is 3.77. The molecular weight excluding hydrogens is 202 g/mol. The lowest BCUT2D eigenvalue weighted by atomic mass is 9.81. The van der Waals surface area contributed by atoms with Crippen molar-refractivity contribution in [2.45, 2.75) is 31.6 Å². The van der Waals surface area contributed by atoms with Crippen molar-refractivity contribution < 1.29 is 0 Å². The number of aromatic nitrogens is 2. The zero-order valence-corrected chi connectivity index (χ0v) is 9.33. The molecule has 1 aliphatic carbocycles.